The molecule has 0 bridgehead atoms. The Labute approximate surface area is 356 Å². The Kier molecular flexibility index (Phi) is 9.82. The first-order valence-corrected chi connectivity index (χ1v) is 21.5. The third-order valence-electron chi connectivity index (χ3n) is 13.9. The summed E-state index contributed by atoms with van der Waals surface area (Å²) in [5.41, 5.74) is 6.77. The molecule has 1 unspecified atom stereocenters. The standard InChI is InChI=1S/C45H47F2N9O6/c1-24(57)52-13-11-36-35(23-52)41(54-12-3-4-27-14-31(30-18-48-51(2)20-30)32(40(46)47)17-38(27)54)50-55(36)19-25-5-7-26(8-6-25)43(60)53-21-28-15-33-34(16-29(28)22-53)45(62)56(44(33)61)37-9-10-39(58)49-42(37)59/h14-18,20,25-26,37,40H,3-13,19,21-23H2,1-2H3,(H,49,58,59). The zero-order valence-electron chi connectivity index (χ0n) is 34.7. The Morgan fingerprint density at radius 1 is 0.839 bits per heavy atom. The fourth-order valence-electron chi connectivity index (χ4n) is 10.6. The minimum absolute atomic E-state index is 0.0268. The molecule has 2 aromatic heterocycles. The number of amides is 6. The maximum absolute atomic E-state index is 14.7. The number of alkyl halides is 2. The predicted molar refractivity (Wildman–Crippen MR) is 219 cm³/mol. The third kappa shape index (κ3) is 6.76. The maximum Gasteiger partial charge on any atom is 0.264 e. The molecule has 2 fully saturated rings. The van der Waals surface area contributed by atoms with Crippen LogP contribution >= 0.6 is 0 Å². The van der Waals surface area contributed by atoms with Crippen molar-refractivity contribution in [2.45, 2.75) is 103 Å². The summed E-state index contributed by atoms with van der Waals surface area (Å²) in [6, 6.07) is 5.80. The van der Waals surface area contributed by atoms with Crippen molar-refractivity contribution in [1.82, 2.24) is 39.6 Å². The van der Waals surface area contributed by atoms with Gasteiger partial charge in [0.05, 0.1) is 23.9 Å². The molecule has 6 amide bonds. The molecule has 15 nitrogen and oxygen atoms in total. The Hall–Kier alpha value is -6.26. The van der Waals surface area contributed by atoms with E-state index < -0.39 is 36.1 Å². The molecule has 0 radical (unpaired) electrons. The fourth-order valence-corrected chi connectivity index (χ4v) is 10.6. The first-order chi connectivity index (χ1) is 29.8. The van der Waals surface area contributed by atoms with Crippen LogP contribution in [0.15, 0.2) is 36.7 Å². The number of piperidine rings is 1. The van der Waals surface area contributed by atoms with Gasteiger partial charge in [-0.25, -0.2) is 8.78 Å². The average Bonchev–Trinajstić information content (AvgIpc) is 4.03. The summed E-state index contributed by atoms with van der Waals surface area (Å²) < 4.78 is 33.1. The van der Waals surface area contributed by atoms with E-state index in [-0.39, 0.29) is 53.2 Å². The number of hydrogen-bond donors (Lipinski definition) is 1. The number of nitrogens with one attached hydrogen (secondary N) is 1. The number of rotatable bonds is 7. The van der Waals surface area contributed by atoms with E-state index in [2.05, 4.69) is 20.0 Å². The zero-order valence-corrected chi connectivity index (χ0v) is 34.7. The Morgan fingerprint density at radius 2 is 1.55 bits per heavy atom. The van der Waals surface area contributed by atoms with E-state index in [9.17, 15) is 37.5 Å². The quantitative estimate of drug-likeness (QED) is 0.254. The summed E-state index contributed by atoms with van der Waals surface area (Å²) >= 11 is 0. The molecule has 6 aliphatic rings. The Morgan fingerprint density at radius 3 is 2.19 bits per heavy atom. The van der Waals surface area contributed by atoms with Crippen LogP contribution in [-0.2, 0) is 65.2 Å². The number of halogens is 2. The van der Waals surface area contributed by atoms with Crippen molar-refractivity contribution in [1.29, 1.82) is 0 Å². The van der Waals surface area contributed by atoms with Crippen molar-refractivity contribution in [3.8, 4) is 11.1 Å². The number of hydrogen-bond acceptors (Lipinski definition) is 9. The number of carbonyl (C=O) groups excluding carboxylic acids is 6. The van der Waals surface area contributed by atoms with Crippen molar-refractivity contribution >= 4 is 46.9 Å². The first-order valence-electron chi connectivity index (χ1n) is 21.5. The van der Waals surface area contributed by atoms with Crippen molar-refractivity contribution in [2.75, 3.05) is 18.0 Å². The molecule has 1 saturated carbocycles. The van der Waals surface area contributed by atoms with Gasteiger partial charge < -0.3 is 14.7 Å². The molecule has 10 rings (SSSR count). The summed E-state index contributed by atoms with van der Waals surface area (Å²) in [6.45, 7) is 4.42. The Bertz CT molecular complexity index is 2550. The van der Waals surface area contributed by atoms with Gasteiger partial charge in [0.25, 0.3) is 18.2 Å². The molecule has 1 saturated heterocycles. The number of benzene rings is 2. The molecule has 2 aromatic carbocycles. The van der Waals surface area contributed by atoms with Crippen molar-refractivity contribution in [3.05, 3.63) is 81.3 Å². The van der Waals surface area contributed by atoms with Gasteiger partial charge in [-0.15, -0.1) is 0 Å². The minimum atomic E-state index is -2.70. The number of aryl methyl sites for hydroxylation is 2. The highest BCUT2D eigenvalue weighted by Gasteiger charge is 2.46. The molecule has 322 valence electrons. The smallest absolute Gasteiger partial charge is 0.264 e. The largest absolute Gasteiger partial charge is 0.338 e. The lowest BCUT2D eigenvalue weighted by atomic mass is 9.81. The minimum Gasteiger partial charge on any atom is -0.338 e. The second-order valence-corrected chi connectivity index (χ2v) is 17.7. The number of fused-ring (bicyclic) bond motifs is 4. The molecular weight excluding hydrogens is 801 g/mol. The number of carbonyl (C=O) groups is 6. The van der Waals surface area contributed by atoms with Crippen molar-refractivity contribution in [2.24, 2.45) is 18.9 Å². The van der Waals surface area contributed by atoms with Crippen LogP contribution in [0.2, 0.25) is 0 Å². The van der Waals surface area contributed by atoms with E-state index in [1.54, 1.807) is 54.1 Å². The SMILES string of the molecule is CC(=O)N1CCc2c(c(N3CCCc4cc(-c5cnn(C)c5)c(C(F)F)cc43)nn2CC2CCC(C(=O)N3Cc4cc5c(cc4C3)C(=O)N(C3CCC(=O)NC3=O)C5=O)CC2)C1. The van der Waals surface area contributed by atoms with Crippen molar-refractivity contribution < 1.29 is 37.5 Å². The van der Waals surface area contributed by atoms with Gasteiger partial charge in [0, 0.05) is 99.7 Å². The van der Waals surface area contributed by atoms with E-state index in [1.807, 2.05) is 11.0 Å². The van der Waals surface area contributed by atoms with Crippen LogP contribution < -0.4 is 10.2 Å². The summed E-state index contributed by atoms with van der Waals surface area (Å²) in [5.74, 6) is -1.41. The van der Waals surface area contributed by atoms with Crippen LogP contribution in [0.4, 0.5) is 20.3 Å². The lowest BCUT2D eigenvalue weighted by molar-refractivity contribution is -0.138. The van der Waals surface area contributed by atoms with Crippen LogP contribution in [0.3, 0.4) is 0 Å². The zero-order chi connectivity index (χ0) is 43.1. The van der Waals surface area contributed by atoms with E-state index in [4.69, 9.17) is 5.10 Å². The van der Waals surface area contributed by atoms with E-state index in [0.29, 0.717) is 81.2 Å². The van der Waals surface area contributed by atoms with Crippen LogP contribution in [-0.4, -0.2) is 88.8 Å². The van der Waals surface area contributed by atoms with Gasteiger partial charge in [-0.1, -0.05) is 0 Å². The monoisotopic (exact) mass is 847 g/mol. The summed E-state index contributed by atoms with van der Waals surface area (Å²) in [5, 5.41) is 11.7. The predicted octanol–water partition coefficient (Wildman–Crippen LogP) is 4.96. The van der Waals surface area contributed by atoms with Crippen molar-refractivity contribution in [3.63, 3.8) is 0 Å². The Balaban J connectivity index is 0.835. The maximum atomic E-state index is 14.7. The molecule has 1 atom stereocenters. The van der Waals surface area contributed by atoms with Gasteiger partial charge in [-0.3, -0.25) is 48.3 Å². The van der Waals surface area contributed by atoms with E-state index in [1.165, 1.54) is 0 Å². The summed E-state index contributed by atoms with van der Waals surface area (Å²) in [4.78, 5) is 84.2. The van der Waals surface area contributed by atoms with E-state index >= 15 is 0 Å². The highest BCUT2D eigenvalue weighted by Crippen LogP contribution is 2.44. The normalized spacial score (nSPS) is 22.2. The van der Waals surface area contributed by atoms with E-state index in [0.717, 1.165) is 58.5 Å². The van der Waals surface area contributed by atoms with Crippen LogP contribution in [0.1, 0.15) is 113 Å². The molecule has 62 heavy (non-hydrogen) atoms. The topological polar surface area (TPSA) is 163 Å². The van der Waals surface area contributed by atoms with Crippen LogP contribution in [0.25, 0.3) is 11.1 Å². The van der Waals surface area contributed by atoms with Gasteiger partial charge in [0.2, 0.25) is 23.6 Å². The highest BCUT2D eigenvalue weighted by molar-refractivity contribution is 6.23. The van der Waals surface area contributed by atoms with Gasteiger partial charge in [0.15, 0.2) is 5.82 Å². The number of imide groups is 2. The molecule has 1 N–H and O–H groups in total. The molecule has 7 heterocycles. The fraction of sp³-hybridized carbons (Fsp3) is 0.467. The number of anilines is 2. The van der Waals surface area contributed by atoms with Gasteiger partial charge in [-0.2, -0.15) is 10.2 Å². The molecule has 4 aromatic rings. The van der Waals surface area contributed by atoms with Crippen LogP contribution in [0, 0.1) is 11.8 Å². The molecule has 1 aliphatic carbocycles. The lowest BCUT2D eigenvalue weighted by Crippen LogP contribution is -2.54. The first kappa shape index (κ1) is 39.9. The molecule has 0 spiro atoms. The second-order valence-electron chi connectivity index (χ2n) is 17.7. The average molecular weight is 848 g/mol. The highest BCUT2D eigenvalue weighted by atomic mass is 19.3. The molecule has 17 heteroatoms. The summed E-state index contributed by atoms with van der Waals surface area (Å²) in [6.07, 6.45) is 6.01. The van der Waals surface area contributed by atoms with Gasteiger partial charge >= 0.3 is 0 Å². The third-order valence-corrected chi connectivity index (χ3v) is 13.9. The summed E-state index contributed by atoms with van der Waals surface area (Å²) in [7, 11) is 1.76. The number of aromatic nitrogens is 4. The molecular formula is C45H47F2N9O6. The second kappa shape index (κ2) is 15.3. The van der Waals surface area contributed by atoms with Gasteiger partial charge in [0.1, 0.15) is 6.04 Å². The molecule has 5 aliphatic heterocycles. The van der Waals surface area contributed by atoms with Crippen LogP contribution in [0.5, 0.6) is 0 Å². The number of nitrogens with zero attached hydrogens (tertiary/aromatic N) is 8. The lowest BCUT2D eigenvalue weighted by Gasteiger charge is -2.33. The van der Waals surface area contributed by atoms with Gasteiger partial charge in [-0.05, 0) is 97.4 Å².